The summed E-state index contributed by atoms with van der Waals surface area (Å²) in [5.74, 6) is 0.826. The molecule has 5 N–H and O–H groups in total. The Morgan fingerprint density at radius 1 is 1.47 bits per heavy atom. The molecule has 1 aliphatic carbocycles. The van der Waals surface area contributed by atoms with E-state index in [1.807, 2.05) is 0 Å². The van der Waals surface area contributed by atoms with Crippen LogP contribution in [0.15, 0.2) is 5.16 Å². The normalized spacial score (nSPS) is 27.9. The van der Waals surface area contributed by atoms with E-state index in [0.717, 1.165) is 32.4 Å². The minimum atomic E-state index is -0.116. The summed E-state index contributed by atoms with van der Waals surface area (Å²) >= 11 is 0. The van der Waals surface area contributed by atoms with Gasteiger partial charge in [-0.1, -0.05) is 11.6 Å². The second-order valence-electron chi connectivity index (χ2n) is 4.23. The zero-order valence-electron chi connectivity index (χ0n) is 9.02. The molecule has 1 rings (SSSR count). The Hall–Kier alpha value is -0.810. The predicted molar refractivity (Wildman–Crippen MR) is 58.9 cm³/mol. The molecular formula is C10H21N3O2. The molecule has 2 unspecified atom stereocenters. The van der Waals surface area contributed by atoms with Crippen LogP contribution in [-0.4, -0.2) is 35.3 Å². The van der Waals surface area contributed by atoms with Crippen molar-refractivity contribution in [1.29, 1.82) is 0 Å². The number of oxime groups is 1. The zero-order chi connectivity index (χ0) is 11.1. The second kappa shape index (κ2) is 6.63. The number of aliphatic hydroxyl groups is 1. The first-order valence-electron chi connectivity index (χ1n) is 5.57. The Bertz CT molecular complexity index is 209. The van der Waals surface area contributed by atoms with Gasteiger partial charge in [0.05, 0.1) is 6.10 Å². The highest BCUT2D eigenvalue weighted by Gasteiger charge is 2.19. The average Bonchev–Trinajstić information content (AvgIpc) is 2.24. The molecular weight excluding hydrogens is 194 g/mol. The van der Waals surface area contributed by atoms with Crippen LogP contribution in [0.5, 0.6) is 0 Å². The van der Waals surface area contributed by atoms with Crippen molar-refractivity contribution in [3.63, 3.8) is 0 Å². The van der Waals surface area contributed by atoms with Crippen LogP contribution in [0.2, 0.25) is 0 Å². The molecule has 5 heteroatoms. The van der Waals surface area contributed by atoms with Gasteiger partial charge in [0.15, 0.2) is 0 Å². The number of nitrogens with two attached hydrogens (primary N) is 1. The monoisotopic (exact) mass is 215 g/mol. The van der Waals surface area contributed by atoms with Crippen molar-refractivity contribution in [3.8, 4) is 0 Å². The third kappa shape index (κ3) is 4.99. The predicted octanol–water partition coefficient (Wildman–Crippen LogP) is 0.264. The molecule has 0 saturated heterocycles. The zero-order valence-corrected chi connectivity index (χ0v) is 9.02. The summed E-state index contributed by atoms with van der Waals surface area (Å²) in [5, 5.41) is 23.9. The van der Waals surface area contributed by atoms with Crippen LogP contribution < -0.4 is 11.1 Å². The molecule has 0 aliphatic heterocycles. The van der Waals surface area contributed by atoms with Crippen LogP contribution in [-0.2, 0) is 0 Å². The standard InChI is InChI=1S/C10H21N3O2/c11-10(13-15)4-5-12-7-8-2-1-3-9(14)6-8/h8-9,12,14-15H,1-7H2,(H2,11,13). The lowest BCUT2D eigenvalue weighted by Crippen LogP contribution is -2.31. The van der Waals surface area contributed by atoms with Gasteiger partial charge >= 0.3 is 0 Å². The van der Waals surface area contributed by atoms with Crippen LogP contribution in [0, 0.1) is 5.92 Å². The molecule has 0 aromatic heterocycles. The molecule has 0 bridgehead atoms. The molecule has 88 valence electrons. The van der Waals surface area contributed by atoms with E-state index >= 15 is 0 Å². The van der Waals surface area contributed by atoms with Crippen molar-refractivity contribution in [2.24, 2.45) is 16.8 Å². The van der Waals surface area contributed by atoms with Gasteiger partial charge in [-0.05, 0) is 31.7 Å². The van der Waals surface area contributed by atoms with Gasteiger partial charge in [0, 0.05) is 13.0 Å². The summed E-state index contributed by atoms with van der Waals surface area (Å²) in [4.78, 5) is 0. The topological polar surface area (TPSA) is 90.9 Å². The summed E-state index contributed by atoms with van der Waals surface area (Å²) in [6.45, 7) is 1.64. The Morgan fingerprint density at radius 3 is 2.93 bits per heavy atom. The molecule has 1 saturated carbocycles. The number of rotatable bonds is 5. The lowest BCUT2D eigenvalue weighted by Gasteiger charge is -2.25. The summed E-state index contributed by atoms with van der Waals surface area (Å²) < 4.78 is 0. The third-order valence-corrected chi connectivity index (χ3v) is 2.87. The first kappa shape index (κ1) is 12.3. The maximum atomic E-state index is 9.46. The number of hydrogen-bond acceptors (Lipinski definition) is 4. The van der Waals surface area contributed by atoms with Gasteiger partial charge in [0.1, 0.15) is 5.84 Å². The first-order chi connectivity index (χ1) is 7.22. The smallest absolute Gasteiger partial charge is 0.140 e. The molecule has 1 aliphatic rings. The quantitative estimate of drug-likeness (QED) is 0.174. The van der Waals surface area contributed by atoms with Gasteiger partial charge in [0.2, 0.25) is 0 Å². The van der Waals surface area contributed by atoms with Crippen LogP contribution in [0.4, 0.5) is 0 Å². The fourth-order valence-corrected chi connectivity index (χ4v) is 2.02. The molecule has 2 atom stereocenters. The summed E-state index contributed by atoms with van der Waals surface area (Å²) in [5.41, 5.74) is 5.33. The average molecular weight is 215 g/mol. The first-order valence-corrected chi connectivity index (χ1v) is 5.57. The number of nitrogens with zero attached hydrogens (tertiary/aromatic N) is 1. The summed E-state index contributed by atoms with van der Waals surface area (Å²) in [6, 6.07) is 0. The van der Waals surface area contributed by atoms with Crippen molar-refractivity contribution in [3.05, 3.63) is 0 Å². The molecule has 0 spiro atoms. The fraction of sp³-hybridized carbons (Fsp3) is 0.900. The van der Waals surface area contributed by atoms with E-state index in [2.05, 4.69) is 10.5 Å². The van der Waals surface area contributed by atoms with Crippen LogP contribution in [0.25, 0.3) is 0 Å². The maximum Gasteiger partial charge on any atom is 0.140 e. The number of aliphatic hydroxyl groups excluding tert-OH is 1. The van der Waals surface area contributed by atoms with E-state index in [-0.39, 0.29) is 11.9 Å². The van der Waals surface area contributed by atoms with Gasteiger partial charge in [0.25, 0.3) is 0 Å². The highest BCUT2D eigenvalue weighted by molar-refractivity contribution is 5.79. The number of amidine groups is 1. The SMILES string of the molecule is NC(CCNCC1CCCC(O)C1)=NO. The van der Waals surface area contributed by atoms with E-state index in [0.29, 0.717) is 12.3 Å². The minimum absolute atomic E-state index is 0.116. The van der Waals surface area contributed by atoms with Gasteiger partial charge < -0.3 is 21.4 Å². The molecule has 5 nitrogen and oxygen atoms in total. The van der Waals surface area contributed by atoms with Crippen molar-refractivity contribution in [2.45, 2.75) is 38.2 Å². The molecule has 0 radical (unpaired) electrons. The Balaban J connectivity index is 2.04. The minimum Gasteiger partial charge on any atom is -0.409 e. The molecule has 15 heavy (non-hydrogen) atoms. The van der Waals surface area contributed by atoms with Crippen molar-refractivity contribution in [1.82, 2.24) is 5.32 Å². The lowest BCUT2D eigenvalue weighted by atomic mass is 9.87. The summed E-state index contributed by atoms with van der Waals surface area (Å²) in [6.07, 6.45) is 4.60. The van der Waals surface area contributed by atoms with Gasteiger partial charge in [-0.25, -0.2) is 0 Å². The Labute approximate surface area is 90.3 Å². The van der Waals surface area contributed by atoms with Crippen LogP contribution >= 0.6 is 0 Å². The molecule has 0 amide bonds. The number of nitrogens with one attached hydrogen (secondary N) is 1. The van der Waals surface area contributed by atoms with Crippen molar-refractivity contribution in [2.75, 3.05) is 13.1 Å². The number of hydrogen-bond donors (Lipinski definition) is 4. The van der Waals surface area contributed by atoms with Gasteiger partial charge in [-0.15, -0.1) is 0 Å². The largest absolute Gasteiger partial charge is 0.409 e. The van der Waals surface area contributed by atoms with Crippen molar-refractivity contribution >= 4 is 5.84 Å². The van der Waals surface area contributed by atoms with E-state index in [1.54, 1.807) is 0 Å². The third-order valence-electron chi connectivity index (χ3n) is 2.87. The fourth-order valence-electron chi connectivity index (χ4n) is 2.02. The van der Waals surface area contributed by atoms with E-state index in [1.165, 1.54) is 6.42 Å². The Kier molecular flexibility index (Phi) is 5.42. The highest BCUT2D eigenvalue weighted by atomic mass is 16.4. The van der Waals surface area contributed by atoms with E-state index in [9.17, 15) is 5.11 Å². The van der Waals surface area contributed by atoms with Crippen molar-refractivity contribution < 1.29 is 10.3 Å². The molecule has 1 fully saturated rings. The lowest BCUT2D eigenvalue weighted by molar-refractivity contribution is 0.101. The van der Waals surface area contributed by atoms with Crippen LogP contribution in [0.1, 0.15) is 32.1 Å². The molecule has 0 aromatic carbocycles. The van der Waals surface area contributed by atoms with Crippen LogP contribution in [0.3, 0.4) is 0 Å². The summed E-state index contributed by atoms with van der Waals surface area (Å²) in [7, 11) is 0. The second-order valence-corrected chi connectivity index (χ2v) is 4.23. The highest BCUT2D eigenvalue weighted by Crippen LogP contribution is 2.23. The van der Waals surface area contributed by atoms with Gasteiger partial charge in [-0.3, -0.25) is 0 Å². The molecule has 0 heterocycles. The molecule has 0 aromatic rings. The maximum absolute atomic E-state index is 9.46. The van der Waals surface area contributed by atoms with E-state index < -0.39 is 0 Å². The van der Waals surface area contributed by atoms with E-state index in [4.69, 9.17) is 10.9 Å². The van der Waals surface area contributed by atoms with Gasteiger partial charge in [-0.2, -0.15) is 0 Å². The Morgan fingerprint density at radius 2 is 2.27 bits per heavy atom.